The van der Waals surface area contributed by atoms with Gasteiger partial charge in [-0.15, -0.1) is 0 Å². The third-order valence-electron chi connectivity index (χ3n) is 0.792. The van der Waals surface area contributed by atoms with Gasteiger partial charge in [-0.05, 0) is 5.37 Å². The van der Waals surface area contributed by atoms with E-state index in [0.717, 1.165) is 0 Å². The Balaban J connectivity index is 0.000000810. The second-order valence-electron chi connectivity index (χ2n) is 1.47. The molecule has 5 nitrogen and oxygen atoms in total. The zero-order valence-corrected chi connectivity index (χ0v) is 8.12. The molecule has 0 aromatic rings. The molecule has 1 saturated heterocycles. The van der Waals surface area contributed by atoms with Crippen LogP contribution >= 0.6 is 0 Å². The van der Waals surface area contributed by atoms with E-state index in [9.17, 15) is 9.59 Å². The second kappa shape index (κ2) is 4.20. The average molecular weight is 169 g/mol. The Morgan fingerprint density at radius 2 is 2.00 bits per heavy atom. The van der Waals surface area contributed by atoms with Gasteiger partial charge < -0.3 is 12.6 Å². The van der Waals surface area contributed by atoms with Gasteiger partial charge in [-0.3, -0.25) is 15.5 Å². The number of nitrogens with one attached hydrogen (secondary N) is 3. The molecule has 3 N–H and O–H groups in total. The van der Waals surface area contributed by atoms with Gasteiger partial charge in [-0.2, -0.15) is 0 Å². The number of hydrogen-bond acceptors (Lipinski definition) is 4. The van der Waals surface area contributed by atoms with Crippen LogP contribution in [0.25, 0.3) is 0 Å². The molecule has 0 aliphatic carbocycles. The van der Waals surface area contributed by atoms with Gasteiger partial charge >= 0.3 is 35.6 Å². The van der Waals surface area contributed by atoms with Crippen molar-refractivity contribution < 1.29 is 39.1 Å². The first-order valence-electron chi connectivity index (χ1n) is 2.22. The van der Waals surface area contributed by atoms with Crippen LogP contribution in [0, 0.1) is 0 Å². The van der Waals surface area contributed by atoms with Crippen molar-refractivity contribution in [3.05, 3.63) is 0 Å². The van der Waals surface area contributed by atoms with E-state index >= 15 is 0 Å². The van der Waals surface area contributed by atoms with Crippen molar-refractivity contribution in [3.63, 3.8) is 0 Å². The van der Waals surface area contributed by atoms with Crippen LogP contribution in [0.1, 0.15) is 0 Å². The van der Waals surface area contributed by atoms with Crippen LogP contribution in [0.2, 0.25) is 0 Å². The molecule has 1 aliphatic heterocycles. The maximum Gasteiger partial charge on any atom is 1.00 e. The largest absolute Gasteiger partial charge is 1.00 e. The number of imide groups is 1. The minimum atomic E-state index is -0.761. The summed E-state index contributed by atoms with van der Waals surface area (Å²) >= 11 is 4.53. The number of urea groups is 1. The van der Waals surface area contributed by atoms with E-state index in [1.807, 2.05) is 5.32 Å². The molecule has 50 valence electrons. The number of hydrazine groups is 1. The van der Waals surface area contributed by atoms with E-state index in [-0.39, 0.29) is 29.6 Å². The van der Waals surface area contributed by atoms with Gasteiger partial charge in [-0.25, -0.2) is 10.2 Å². The predicted molar refractivity (Wildman–Crippen MR) is 31.0 cm³/mol. The maximum absolute atomic E-state index is 10.5. The number of rotatable bonds is 0. The monoisotopic (exact) mass is 169 g/mol. The number of hydrogen-bond donors (Lipinski definition) is 3. The minimum absolute atomic E-state index is 0. The van der Waals surface area contributed by atoms with Gasteiger partial charge in [0.25, 0.3) is 0 Å². The predicted octanol–water partition coefficient (Wildman–Crippen LogP) is -4.79. The normalized spacial score (nSPS) is 24.3. The summed E-state index contributed by atoms with van der Waals surface area (Å²) in [4.78, 5) is 20.7. The summed E-state index contributed by atoms with van der Waals surface area (Å²) in [5, 5.41) is 1.21. The summed E-state index contributed by atoms with van der Waals surface area (Å²) in [6.45, 7) is 0. The van der Waals surface area contributed by atoms with Gasteiger partial charge in [0.15, 0.2) is 0 Å². The Morgan fingerprint density at radius 1 is 1.40 bits per heavy atom. The minimum Gasteiger partial charge on any atom is -0.763 e. The topological polar surface area (TPSA) is 70.2 Å². The Morgan fingerprint density at radius 3 is 2.40 bits per heavy atom. The SMILES string of the molecule is O=C1NNC([S-])C(=O)N1.[Na+]. The van der Waals surface area contributed by atoms with Crippen molar-refractivity contribution in [1.82, 2.24) is 16.2 Å². The van der Waals surface area contributed by atoms with E-state index < -0.39 is 17.3 Å². The third-order valence-corrected chi connectivity index (χ3v) is 1.12. The summed E-state index contributed by atoms with van der Waals surface area (Å²) in [5.74, 6) is -0.492. The summed E-state index contributed by atoms with van der Waals surface area (Å²) in [7, 11) is 0. The fourth-order valence-electron chi connectivity index (χ4n) is 0.405. The molecule has 3 amide bonds. The maximum atomic E-state index is 10.5. The molecule has 0 bridgehead atoms. The van der Waals surface area contributed by atoms with Gasteiger partial charge in [0.1, 0.15) is 0 Å². The van der Waals surface area contributed by atoms with Gasteiger partial charge in [-0.1, -0.05) is 0 Å². The molecule has 1 atom stereocenters. The first kappa shape index (κ1) is 10.2. The van der Waals surface area contributed by atoms with Crippen LogP contribution in [0.3, 0.4) is 0 Å². The summed E-state index contributed by atoms with van der Waals surface area (Å²) in [5.41, 5.74) is 4.42. The Hall–Kier alpha value is 0.250. The standard InChI is InChI=1S/C3H5N3O2S.Na/c7-1-2(9)5-6-3(8)4-1;/h2,5,9H,(H2,4,6,7,8);/q;+1/p-1. The summed E-state index contributed by atoms with van der Waals surface area (Å²) in [6, 6.07) is -0.568. The number of carbonyl (C=O) groups is 2. The van der Waals surface area contributed by atoms with Crippen molar-refractivity contribution in [2.24, 2.45) is 0 Å². The van der Waals surface area contributed by atoms with Gasteiger partial charge in [0.2, 0.25) is 5.91 Å². The molecule has 0 radical (unpaired) electrons. The van der Waals surface area contributed by atoms with E-state index in [1.54, 1.807) is 0 Å². The summed E-state index contributed by atoms with van der Waals surface area (Å²) in [6.07, 6.45) is 0. The Bertz CT molecular complexity index is 164. The van der Waals surface area contributed by atoms with Crippen molar-refractivity contribution >= 4 is 24.6 Å². The van der Waals surface area contributed by atoms with Crippen LogP contribution in [0.5, 0.6) is 0 Å². The van der Waals surface area contributed by atoms with Crippen LogP contribution in [-0.2, 0) is 17.4 Å². The number of amides is 3. The molecule has 0 aromatic carbocycles. The number of carbonyl (C=O) groups excluding carboxylic acids is 2. The first-order chi connectivity index (χ1) is 4.20. The van der Waals surface area contributed by atoms with Crippen LogP contribution in [0.15, 0.2) is 0 Å². The van der Waals surface area contributed by atoms with Crippen LogP contribution < -0.4 is 45.7 Å². The Labute approximate surface area is 85.0 Å². The quantitative estimate of drug-likeness (QED) is 0.251. The molecule has 0 saturated carbocycles. The fraction of sp³-hybridized carbons (Fsp3) is 0.333. The molecule has 0 spiro atoms. The molecular weight excluding hydrogens is 165 g/mol. The summed E-state index contributed by atoms with van der Waals surface area (Å²) < 4.78 is 0. The van der Waals surface area contributed by atoms with Crippen molar-refractivity contribution in [3.8, 4) is 0 Å². The molecular formula is C3H4N3NaO2S. The molecule has 1 rings (SSSR count). The van der Waals surface area contributed by atoms with Crippen LogP contribution in [-0.4, -0.2) is 17.3 Å². The Kier molecular flexibility index (Phi) is 4.30. The van der Waals surface area contributed by atoms with E-state index in [2.05, 4.69) is 23.5 Å². The molecule has 7 heteroatoms. The fourth-order valence-corrected chi connectivity index (χ4v) is 0.523. The van der Waals surface area contributed by atoms with Crippen molar-refractivity contribution in [1.29, 1.82) is 0 Å². The smallest absolute Gasteiger partial charge is 0.763 e. The molecule has 0 aromatic heterocycles. The third kappa shape index (κ3) is 2.47. The molecule has 10 heavy (non-hydrogen) atoms. The van der Waals surface area contributed by atoms with Crippen molar-refractivity contribution in [2.75, 3.05) is 0 Å². The molecule has 1 heterocycles. The molecule has 1 fully saturated rings. The first-order valence-corrected chi connectivity index (χ1v) is 2.69. The zero-order valence-electron chi connectivity index (χ0n) is 5.30. The second-order valence-corrected chi connectivity index (χ2v) is 1.94. The van der Waals surface area contributed by atoms with E-state index in [1.165, 1.54) is 0 Å². The van der Waals surface area contributed by atoms with Crippen molar-refractivity contribution in [2.45, 2.75) is 5.37 Å². The van der Waals surface area contributed by atoms with E-state index in [4.69, 9.17) is 0 Å². The van der Waals surface area contributed by atoms with Gasteiger partial charge in [0, 0.05) is 0 Å². The average Bonchev–Trinajstić information content (AvgIpc) is 1.80. The van der Waals surface area contributed by atoms with Crippen LogP contribution in [0.4, 0.5) is 4.79 Å². The molecule has 1 aliphatic rings. The van der Waals surface area contributed by atoms with Gasteiger partial charge in [0.05, 0.1) is 0 Å². The molecule has 1 unspecified atom stereocenters. The van der Waals surface area contributed by atoms with E-state index in [0.29, 0.717) is 0 Å². The zero-order chi connectivity index (χ0) is 6.85.